The zero-order valence-corrected chi connectivity index (χ0v) is 24.2. The maximum Gasteiger partial charge on any atom is 0.154 e. The Bertz CT molecular complexity index is 2030. The Morgan fingerprint density at radius 2 is 0.932 bits per heavy atom. The highest BCUT2D eigenvalue weighted by Crippen LogP contribution is 2.42. The van der Waals surface area contributed by atoms with Crippen LogP contribution >= 0.6 is 23.2 Å². The predicted molar refractivity (Wildman–Crippen MR) is 172 cm³/mol. The van der Waals surface area contributed by atoms with Gasteiger partial charge in [-0.25, -0.2) is 0 Å². The summed E-state index contributed by atoms with van der Waals surface area (Å²) in [6.45, 7) is 0. The smallest absolute Gasteiger partial charge is 0.154 e. The van der Waals surface area contributed by atoms with Crippen LogP contribution < -0.4 is 0 Å². The number of aldehydes is 2. The second-order valence-electron chi connectivity index (χ2n) is 9.74. The van der Waals surface area contributed by atoms with Crippen LogP contribution in [-0.4, -0.2) is 22.8 Å². The van der Waals surface area contributed by atoms with Gasteiger partial charge in [0.1, 0.15) is 22.7 Å². The summed E-state index contributed by atoms with van der Waals surface area (Å²) in [5, 5.41) is 41.5. The number of hydrogen-bond acceptors (Lipinski definition) is 8. The molecule has 0 saturated carbocycles. The van der Waals surface area contributed by atoms with E-state index in [1.165, 1.54) is 0 Å². The van der Waals surface area contributed by atoms with Gasteiger partial charge in [-0.15, -0.1) is 20.5 Å². The first-order chi connectivity index (χ1) is 21.4. The first-order valence-corrected chi connectivity index (χ1v) is 14.0. The Morgan fingerprint density at radius 3 is 1.32 bits per heavy atom. The second kappa shape index (κ2) is 12.0. The molecular formula is C34H20Cl2N4O4. The third-order valence-corrected chi connectivity index (χ3v) is 7.65. The van der Waals surface area contributed by atoms with Crippen molar-refractivity contribution in [1.29, 1.82) is 0 Å². The molecule has 6 rings (SSSR count). The number of halogens is 2. The summed E-state index contributed by atoms with van der Waals surface area (Å²) in [7, 11) is 0. The number of aromatic hydroxyl groups is 2. The molecule has 0 amide bonds. The Morgan fingerprint density at radius 1 is 0.523 bits per heavy atom. The van der Waals surface area contributed by atoms with Crippen LogP contribution in [-0.2, 0) is 0 Å². The lowest BCUT2D eigenvalue weighted by Gasteiger charge is -2.08. The van der Waals surface area contributed by atoms with Gasteiger partial charge in [0.25, 0.3) is 0 Å². The summed E-state index contributed by atoms with van der Waals surface area (Å²) in [4.78, 5) is 22.9. The average Bonchev–Trinajstić information content (AvgIpc) is 3.04. The molecule has 8 nitrogen and oxygen atoms in total. The summed E-state index contributed by atoms with van der Waals surface area (Å²) in [6, 6.07) is 28.0. The number of hydrogen-bond donors (Lipinski definition) is 2. The van der Waals surface area contributed by atoms with E-state index in [0.29, 0.717) is 44.8 Å². The number of rotatable bonds is 7. The van der Waals surface area contributed by atoms with Crippen LogP contribution in [0.4, 0.5) is 22.7 Å². The zero-order valence-electron chi connectivity index (χ0n) is 22.6. The lowest BCUT2D eigenvalue weighted by Crippen LogP contribution is -1.84. The minimum atomic E-state index is -0.262. The van der Waals surface area contributed by atoms with Gasteiger partial charge < -0.3 is 10.2 Å². The summed E-state index contributed by atoms with van der Waals surface area (Å²) in [6.07, 6.45) is 1.13. The number of azo groups is 2. The molecule has 0 saturated heterocycles. The van der Waals surface area contributed by atoms with Gasteiger partial charge >= 0.3 is 0 Å². The van der Waals surface area contributed by atoms with Crippen LogP contribution in [0.3, 0.4) is 0 Å². The van der Waals surface area contributed by atoms with Gasteiger partial charge in [-0.05, 0) is 58.3 Å². The summed E-state index contributed by atoms with van der Waals surface area (Å²) in [5.41, 5.74) is 2.77. The molecule has 0 aliphatic heterocycles. The normalized spacial score (nSPS) is 11.6. The van der Waals surface area contributed by atoms with Gasteiger partial charge in [0, 0.05) is 10.8 Å². The van der Waals surface area contributed by atoms with Crippen molar-refractivity contribution in [2.45, 2.75) is 0 Å². The molecule has 0 bridgehead atoms. The molecule has 44 heavy (non-hydrogen) atoms. The second-order valence-corrected chi connectivity index (χ2v) is 10.6. The van der Waals surface area contributed by atoms with Crippen LogP contribution in [0.2, 0.25) is 10.0 Å². The van der Waals surface area contributed by atoms with E-state index in [2.05, 4.69) is 20.5 Å². The van der Waals surface area contributed by atoms with E-state index in [1.54, 1.807) is 72.8 Å². The van der Waals surface area contributed by atoms with Crippen LogP contribution in [0, 0.1) is 0 Å². The van der Waals surface area contributed by atoms with E-state index in [1.807, 2.05) is 24.3 Å². The van der Waals surface area contributed by atoms with Gasteiger partial charge in [-0.3, -0.25) is 9.59 Å². The Hall–Kier alpha value is -5.44. The van der Waals surface area contributed by atoms with Crippen molar-refractivity contribution >= 4 is 80.1 Å². The molecule has 6 aromatic carbocycles. The molecule has 0 spiro atoms. The van der Waals surface area contributed by atoms with Crippen molar-refractivity contribution in [3.05, 3.63) is 118 Å². The standard InChI is InChI=1S/C34H20Cl2N4O4/c35-27-15-19(9-11-29(27)37-39-31-25-7-3-1-5-21(25)13-23(17-41)33(31)43)20-10-12-30(28(36)16-20)38-40-32-26-8-4-2-6-22(26)14-24(18-42)34(32)44/h1-18,43-44H/b39-37-,40-38?. The van der Waals surface area contributed by atoms with Gasteiger partial charge in [0.2, 0.25) is 0 Å². The molecule has 10 heteroatoms. The highest BCUT2D eigenvalue weighted by molar-refractivity contribution is 6.34. The quantitative estimate of drug-likeness (QED) is 0.136. The van der Waals surface area contributed by atoms with E-state index >= 15 is 0 Å². The van der Waals surface area contributed by atoms with E-state index < -0.39 is 0 Å². The maximum absolute atomic E-state index is 11.5. The number of fused-ring (bicyclic) bond motifs is 2. The third kappa shape index (κ3) is 5.40. The van der Waals surface area contributed by atoms with E-state index in [-0.39, 0.29) is 34.0 Å². The molecule has 6 aromatic rings. The highest BCUT2D eigenvalue weighted by atomic mass is 35.5. The van der Waals surface area contributed by atoms with Crippen LogP contribution in [0.15, 0.2) is 118 Å². The van der Waals surface area contributed by atoms with E-state index in [9.17, 15) is 19.8 Å². The molecule has 0 aromatic heterocycles. The van der Waals surface area contributed by atoms with Crippen LogP contribution in [0.1, 0.15) is 20.7 Å². The maximum atomic E-state index is 11.5. The Balaban J connectivity index is 1.28. The van der Waals surface area contributed by atoms with Gasteiger partial charge in [0.05, 0.1) is 21.2 Å². The molecule has 0 unspecified atom stereocenters. The highest BCUT2D eigenvalue weighted by Gasteiger charge is 2.14. The number of phenols is 2. The Kier molecular flexibility index (Phi) is 7.85. The molecule has 0 aliphatic rings. The minimum Gasteiger partial charge on any atom is -0.505 e. The van der Waals surface area contributed by atoms with Gasteiger partial charge in [0.15, 0.2) is 24.1 Å². The van der Waals surface area contributed by atoms with Crippen molar-refractivity contribution in [3.63, 3.8) is 0 Å². The summed E-state index contributed by atoms with van der Waals surface area (Å²) >= 11 is 13.1. The molecular weight excluding hydrogens is 599 g/mol. The number of phenolic OH excluding ortho intramolecular Hbond substituents is 2. The topological polar surface area (TPSA) is 124 Å². The summed E-state index contributed by atoms with van der Waals surface area (Å²) in [5.74, 6) is -0.524. The lowest BCUT2D eigenvalue weighted by molar-refractivity contribution is 0.111. The number of carbonyl (C=O) groups is 2. The molecule has 214 valence electrons. The molecule has 2 N–H and O–H groups in total. The minimum absolute atomic E-state index is 0.110. The molecule has 0 aliphatic carbocycles. The van der Waals surface area contributed by atoms with E-state index in [0.717, 1.165) is 21.9 Å². The monoisotopic (exact) mass is 618 g/mol. The lowest BCUT2D eigenvalue weighted by atomic mass is 10.0. The SMILES string of the molecule is O=Cc1cc2ccccc2c(N=Nc2ccc(-c3ccc(/N=N\c4c(O)c(C=O)cc5ccccc45)c(Cl)c3)cc2Cl)c1O. The van der Waals surface area contributed by atoms with Crippen molar-refractivity contribution in [1.82, 2.24) is 0 Å². The first-order valence-electron chi connectivity index (χ1n) is 13.2. The number of nitrogens with zero attached hydrogens (tertiary/aromatic N) is 4. The molecule has 0 heterocycles. The van der Waals surface area contributed by atoms with Crippen molar-refractivity contribution in [2.75, 3.05) is 0 Å². The molecule has 0 radical (unpaired) electrons. The number of benzene rings is 6. The zero-order chi connectivity index (χ0) is 30.8. The third-order valence-electron chi connectivity index (χ3n) is 7.05. The van der Waals surface area contributed by atoms with Crippen molar-refractivity contribution in [3.8, 4) is 22.6 Å². The first kappa shape index (κ1) is 28.7. The average molecular weight is 619 g/mol. The van der Waals surface area contributed by atoms with Crippen LogP contribution in [0.25, 0.3) is 32.7 Å². The fraction of sp³-hybridized carbons (Fsp3) is 0. The fourth-order valence-electron chi connectivity index (χ4n) is 4.80. The van der Waals surface area contributed by atoms with E-state index in [4.69, 9.17) is 23.2 Å². The predicted octanol–water partition coefficient (Wildman–Crippen LogP) is 10.8. The van der Waals surface area contributed by atoms with Crippen LogP contribution in [0.5, 0.6) is 11.5 Å². The number of carbonyl (C=O) groups excluding carboxylic acids is 2. The van der Waals surface area contributed by atoms with Crippen molar-refractivity contribution < 1.29 is 19.8 Å². The van der Waals surface area contributed by atoms with Crippen molar-refractivity contribution in [2.24, 2.45) is 20.5 Å². The fourth-order valence-corrected chi connectivity index (χ4v) is 5.24. The van der Waals surface area contributed by atoms with Gasteiger partial charge in [-0.1, -0.05) is 83.9 Å². The largest absolute Gasteiger partial charge is 0.505 e. The molecule has 0 fully saturated rings. The molecule has 0 atom stereocenters. The Labute approximate surface area is 260 Å². The summed E-state index contributed by atoms with van der Waals surface area (Å²) < 4.78 is 0. The van der Waals surface area contributed by atoms with Gasteiger partial charge in [-0.2, -0.15) is 0 Å².